The van der Waals surface area contributed by atoms with Crippen LogP contribution in [0.25, 0.3) is 0 Å². The Bertz CT molecular complexity index is 891. The van der Waals surface area contributed by atoms with Crippen molar-refractivity contribution in [2.45, 2.75) is 31.8 Å². The van der Waals surface area contributed by atoms with E-state index >= 15 is 0 Å². The van der Waals surface area contributed by atoms with Gasteiger partial charge in [-0.2, -0.15) is 5.10 Å². The van der Waals surface area contributed by atoms with Crippen LogP contribution in [-0.4, -0.2) is 32.1 Å². The highest BCUT2D eigenvalue weighted by atomic mass is 35.5. The first-order valence-electron chi connectivity index (χ1n) is 8.65. The molecule has 0 N–H and O–H groups in total. The number of oxazole rings is 1. The molecule has 1 fully saturated rings. The molecule has 134 valence electrons. The zero-order valence-corrected chi connectivity index (χ0v) is 15.0. The summed E-state index contributed by atoms with van der Waals surface area (Å²) in [4.78, 5) is 18.9. The number of carbonyl (C=O) groups is 1. The lowest BCUT2D eigenvalue weighted by Crippen LogP contribution is -2.33. The number of hydrogen-bond acceptors (Lipinski definition) is 4. The topological polar surface area (TPSA) is 64.2 Å². The molecule has 0 unspecified atom stereocenters. The summed E-state index contributed by atoms with van der Waals surface area (Å²) in [6.45, 7) is 0.948. The molecule has 26 heavy (non-hydrogen) atoms. The van der Waals surface area contributed by atoms with E-state index in [-0.39, 0.29) is 18.5 Å². The molecule has 1 amide bonds. The second-order valence-electron chi connectivity index (χ2n) is 6.38. The van der Waals surface area contributed by atoms with Crippen molar-refractivity contribution in [3.63, 3.8) is 0 Å². The number of amides is 1. The van der Waals surface area contributed by atoms with Crippen molar-refractivity contribution in [2.24, 2.45) is 0 Å². The molecule has 1 saturated heterocycles. The standard InChI is InChI=1S/C19H19ClN4O2/c20-16-6-2-1-5-14(16)11-15-12-21-19(26-15)17-7-3-10-24(17)18(25)13-23-9-4-8-22-23/h1-2,4-6,8-9,12,17H,3,7,10-11,13H2/t17-/m1/s1. The summed E-state index contributed by atoms with van der Waals surface area (Å²) in [5, 5.41) is 4.81. The second kappa shape index (κ2) is 7.33. The maximum Gasteiger partial charge on any atom is 0.244 e. The highest BCUT2D eigenvalue weighted by Crippen LogP contribution is 2.32. The number of hydrogen-bond donors (Lipinski definition) is 0. The van der Waals surface area contributed by atoms with Gasteiger partial charge in [0.05, 0.1) is 6.20 Å². The van der Waals surface area contributed by atoms with Gasteiger partial charge in [-0.15, -0.1) is 0 Å². The molecule has 1 aliphatic rings. The number of benzene rings is 1. The Morgan fingerprint density at radius 2 is 2.19 bits per heavy atom. The fraction of sp³-hybridized carbons (Fsp3) is 0.316. The average molecular weight is 371 g/mol. The Kier molecular flexibility index (Phi) is 4.75. The summed E-state index contributed by atoms with van der Waals surface area (Å²) in [5.74, 6) is 1.37. The normalized spacial score (nSPS) is 17.0. The zero-order chi connectivity index (χ0) is 17.9. The fourth-order valence-electron chi connectivity index (χ4n) is 3.33. The van der Waals surface area contributed by atoms with E-state index in [0.29, 0.717) is 23.9 Å². The minimum atomic E-state index is -0.113. The van der Waals surface area contributed by atoms with Crippen LogP contribution in [0, 0.1) is 0 Å². The molecule has 2 aromatic heterocycles. The minimum absolute atomic E-state index is 0.0297. The van der Waals surface area contributed by atoms with Crippen LogP contribution in [0.3, 0.4) is 0 Å². The van der Waals surface area contributed by atoms with Gasteiger partial charge in [0.15, 0.2) is 0 Å². The van der Waals surface area contributed by atoms with E-state index in [1.165, 1.54) is 0 Å². The summed E-state index contributed by atoms with van der Waals surface area (Å²) >= 11 is 6.22. The van der Waals surface area contributed by atoms with Crippen LogP contribution in [0.2, 0.25) is 5.02 Å². The SMILES string of the molecule is O=C(Cn1cccn1)N1CCC[C@@H]1c1ncc(Cc2ccccc2Cl)o1. The smallest absolute Gasteiger partial charge is 0.244 e. The molecular weight excluding hydrogens is 352 g/mol. The van der Waals surface area contributed by atoms with Gasteiger partial charge in [0, 0.05) is 30.4 Å². The van der Waals surface area contributed by atoms with Crippen molar-refractivity contribution in [2.75, 3.05) is 6.54 Å². The van der Waals surface area contributed by atoms with E-state index in [1.807, 2.05) is 35.2 Å². The van der Waals surface area contributed by atoms with E-state index in [4.69, 9.17) is 16.0 Å². The number of nitrogens with zero attached hydrogens (tertiary/aromatic N) is 4. The number of aromatic nitrogens is 3. The molecule has 7 heteroatoms. The average Bonchev–Trinajstić information content (AvgIpc) is 3.37. The third kappa shape index (κ3) is 3.51. The Hall–Kier alpha value is -2.60. The molecule has 1 aliphatic heterocycles. The van der Waals surface area contributed by atoms with Crippen LogP contribution in [-0.2, 0) is 17.8 Å². The monoisotopic (exact) mass is 370 g/mol. The first kappa shape index (κ1) is 16.8. The molecule has 3 heterocycles. The van der Waals surface area contributed by atoms with Crippen LogP contribution in [0.5, 0.6) is 0 Å². The molecule has 1 atom stereocenters. The number of carbonyl (C=O) groups excluding carboxylic acids is 1. The molecule has 0 saturated carbocycles. The number of halogens is 1. The lowest BCUT2D eigenvalue weighted by Gasteiger charge is -2.22. The summed E-state index contributed by atoms with van der Waals surface area (Å²) in [6.07, 6.45) is 7.57. The predicted octanol–water partition coefficient (Wildman–Crippen LogP) is 3.48. The molecule has 0 spiro atoms. The molecular formula is C19H19ClN4O2. The molecule has 0 radical (unpaired) electrons. The molecule has 6 nitrogen and oxygen atoms in total. The Morgan fingerprint density at radius 1 is 1.31 bits per heavy atom. The summed E-state index contributed by atoms with van der Waals surface area (Å²) in [5.41, 5.74) is 0.995. The van der Waals surface area contributed by atoms with Gasteiger partial charge in [-0.1, -0.05) is 29.8 Å². The third-order valence-electron chi connectivity index (χ3n) is 4.61. The van der Waals surface area contributed by atoms with E-state index < -0.39 is 0 Å². The van der Waals surface area contributed by atoms with Crippen LogP contribution >= 0.6 is 11.6 Å². The van der Waals surface area contributed by atoms with Gasteiger partial charge in [0.25, 0.3) is 0 Å². The van der Waals surface area contributed by atoms with Crippen LogP contribution in [0.4, 0.5) is 0 Å². The first-order chi connectivity index (χ1) is 12.7. The van der Waals surface area contributed by atoms with Crippen molar-refractivity contribution >= 4 is 17.5 Å². The van der Waals surface area contributed by atoms with Gasteiger partial charge < -0.3 is 9.32 Å². The van der Waals surface area contributed by atoms with Gasteiger partial charge >= 0.3 is 0 Å². The van der Waals surface area contributed by atoms with Gasteiger partial charge in [-0.3, -0.25) is 9.48 Å². The maximum absolute atomic E-state index is 12.6. The third-order valence-corrected chi connectivity index (χ3v) is 4.98. The second-order valence-corrected chi connectivity index (χ2v) is 6.79. The first-order valence-corrected chi connectivity index (χ1v) is 9.03. The number of rotatable bonds is 5. The van der Waals surface area contributed by atoms with E-state index in [2.05, 4.69) is 10.1 Å². The van der Waals surface area contributed by atoms with Gasteiger partial charge in [0.2, 0.25) is 11.8 Å². The van der Waals surface area contributed by atoms with Crippen molar-refractivity contribution in [1.29, 1.82) is 0 Å². The molecule has 4 rings (SSSR count). The predicted molar refractivity (Wildman–Crippen MR) is 96.7 cm³/mol. The van der Waals surface area contributed by atoms with Crippen molar-refractivity contribution in [1.82, 2.24) is 19.7 Å². The lowest BCUT2D eigenvalue weighted by atomic mass is 10.1. The molecule has 3 aromatic rings. The zero-order valence-electron chi connectivity index (χ0n) is 14.2. The largest absolute Gasteiger partial charge is 0.443 e. The summed E-state index contributed by atoms with van der Waals surface area (Å²) in [6, 6.07) is 9.38. The summed E-state index contributed by atoms with van der Waals surface area (Å²) < 4.78 is 7.59. The van der Waals surface area contributed by atoms with Crippen molar-refractivity contribution < 1.29 is 9.21 Å². The van der Waals surface area contributed by atoms with E-state index in [1.54, 1.807) is 23.3 Å². The Morgan fingerprint density at radius 3 is 3.00 bits per heavy atom. The Labute approximate surface area is 156 Å². The van der Waals surface area contributed by atoms with E-state index in [9.17, 15) is 4.79 Å². The van der Waals surface area contributed by atoms with Crippen LogP contribution < -0.4 is 0 Å². The van der Waals surface area contributed by atoms with Gasteiger partial charge in [-0.05, 0) is 30.5 Å². The highest BCUT2D eigenvalue weighted by Gasteiger charge is 2.33. The lowest BCUT2D eigenvalue weighted by molar-refractivity contribution is -0.133. The van der Waals surface area contributed by atoms with Crippen molar-refractivity contribution in [3.8, 4) is 0 Å². The van der Waals surface area contributed by atoms with Crippen LogP contribution in [0.1, 0.15) is 36.1 Å². The van der Waals surface area contributed by atoms with Crippen molar-refractivity contribution in [3.05, 3.63) is 71.2 Å². The summed E-state index contributed by atoms with van der Waals surface area (Å²) in [7, 11) is 0. The molecule has 0 aliphatic carbocycles. The molecule has 0 bridgehead atoms. The quantitative estimate of drug-likeness (QED) is 0.689. The van der Waals surface area contributed by atoms with Crippen LogP contribution in [0.15, 0.2) is 53.3 Å². The highest BCUT2D eigenvalue weighted by molar-refractivity contribution is 6.31. The molecule has 1 aromatic carbocycles. The van der Waals surface area contributed by atoms with Gasteiger partial charge in [-0.25, -0.2) is 4.98 Å². The fourth-order valence-corrected chi connectivity index (χ4v) is 3.54. The Balaban J connectivity index is 1.47. The van der Waals surface area contributed by atoms with E-state index in [0.717, 1.165) is 24.2 Å². The number of likely N-dealkylation sites (tertiary alicyclic amines) is 1. The maximum atomic E-state index is 12.6. The minimum Gasteiger partial charge on any atom is -0.443 e. The van der Waals surface area contributed by atoms with Gasteiger partial charge in [0.1, 0.15) is 18.3 Å².